The Bertz CT molecular complexity index is 809. The normalized spacial score (nSPS) is 10.8. The lowest BCUT2D eigenvalue weighted by Gasteiger charge is -2.07. The first-order valence-electron chi connectivity index (χ1n) is 6.05. The Kier molecular flexibility index (Phi) is 2.64. The summed E-state index contributed by atoms with van der Waals surface area (Å²) in [4.78, 5) is 14.4. The van der Waals surface area contributed by atoms with E-state index >= 15 is 0 Å². The standard InChI is InChI=1S/C14H12N4O2/c1-9-14(15)12-8-11(18(19)20)2-3-13(12)17(9)10-4-6-16-7-5-10/h2-8H,15H2,1H3. The van der Waals surface area contributed by atoms with Crippen LogP contribution in [0.4, 0.5) is 11.4 Å². The Labute approximate surface area is 114 Å². The summed E-state index contributed by atoms with van der Waals surface area (Å²) in [6.45, 7) is 1.89. The summed E-state index contributed by atoms with van der Waals surface area (Å²) >= 11 is 0. The van der Waals surface area contributed by atoms with Gasteiger partial charge in [-0.1, -0.05) is 0 Å². The maximum absolute atomic E-state index is 10.9. The van der Waals surface area contributed by atoms with E-state index in [9.17, 15) is 10.1 Å². The molecule has 0 amide bonds. The summed E-state index contributed by atoms with van der Waals surface area (Å²) in [6, 6.07) is 8.45. The molecule has 0 bridgehead atoms. The maximum Gasteiger partial charge on any atom is 0.270 e. The fourth-order valence-corrected chi connectivity index (χ4v) is 2.37. The van der Waals surface area contributed by atoms with E-state index < -0.39 is 4.92 Å². The van der Waals surface area contributed by atoms with Gasteiger partial charge in [0.15, 0.2) is 0 Å². The van der Waals surface area contributed by atoms with E-state index in [1.54, 1.807) is 18.5 Å². The van der Waals surface area contributed by atoms with Crippen LogP contribution in [0.3, 0.4) is 0 Å². The van der Waals surface area contributed by atoms with Crippen molar-refractivity contribution in [3.8, 4) is 5.69 Å². The molecule has 6 nitrogen and oxygen atoms in total. The third-order valence-electron chi connectivity index (χ3n) is 3.37. The van der Waals surface area contributed by atoms with Crippen molar-refractivity contribution in [1.29, 1.82) is 0 Å². The second-order valence-corrected chi connectivity index (χ2v) is 4.50. The summed E-state index contributed by atoms with van der Waals surface area (Å²) < 4.78 is 1.97. The van der Waals surface area contributed by atoms with Crippen molar-refractivity contribution in [2.24, 2.45) is 0 Å². The van der Waals surface area contributed by atoms with E-state index in [-0.39, 0.29) is 5.69 Å². The molecule has 3 aromatic rings. The van der Waals surface area contributed by atoms with Gasteiger partial charge in [-0.05, 0) is 25.1 Å². The van der Waals surface area contributed by atoms with E-state index in [4.69, 9.17) is 5.73 Å². The zero-order valence-electron chi connectivity index (χ0n) is 10.8. The van der Waals surface area contributed by atoms with Crippen LogP contribution in [0.25, 0.3) is 16.6 Å². The van der Waals surface area contributed by atoms with Crippen molar-refractivity contribution < 1.29 is 4.92 Å². The summed E-state index contributed by atoms with van der Waals surface area (Å²) in [5, 5.41) is 11.6. The van der Waals surface area contributed by atoms with Crippen LogP contribution in [0.15, 0.2) is 42.7 Å². The number of nitro benzene ring substituents is 1. The lowest BCUT2D eigenvalue weighted by molar-refractivity contribution is -0.384. The summed E-state index contributed by atoms with van der Waals surface area (Å²) in [7, 11) is 0. The molecule has 0 unspecified atom stereocenters. The van der Waals surface area contributed by atoms with E-state index in [0.717, 1.165) is 16.9 Å². The van der Waals surface area contributed by atoms with Crippen LogP contribution in [-0.4, -0.2) is 14.5 Å². The SMILES string of the molecule is Cc1c(N)c2cc([N+](=O)[O-])ccc2n1-c1ccncc1. The van der Waals surface area contributed by atoms with Gasteiger partial charge in [-0.15, -0.1) is 0 Å². The molecule has 0 radical (unpaired) electrons. The Morgan fingerprint density at radius 2 is 1.95 bits per heavy atom. The van der Waals surface area contributed by atoms with Crippen molar-refractivity contribution >= 4 is 22.3 Å². The fourth-order valence-electron chi connectivity index (χ4n) is 2.37. The molecule has 0 saturated carbocycles. The number of nitrogen functional groups attached to an aromatic ring is 1. The van der Waals surface area contributed by atoms with Gasteiger partial charge < -0.3 is 10.3 Å². The smallest absolute Gasteiger partial charge is 0.270 e. The molecule has 0 aliphatic rings. The number of hydrogen-bond acceptors (Lipinski definition) is 4. The molecule has 0 spiro atoms. The zero-order chi connectivity index (χ0) is 14.3. The highest BCUT2D eigenvalue weighted by Gasteiger charge is 2.16. The molecule has 2 aromatic heterocycles. The minimum atomic E-state index is -0.419. The Morgan fingerprint density at radius 3 is 2.60 bits per heavy atom. The van der Waals surface area contributed by atoms with Gasteiger partial charge in [-0.3, -0.25) is 15.1 Å². The molecule has 2 heterocycles. The van der Waals surface area contributed by atoms with Crippen molar-refractivity contribution in [3.05, 3.63) is 58.5 Å². The van der Waals surface area contributed by atoms with Gasteiger partial charge in [0.2, 0.25) is 0 Å². The van der Waals surface area contributed by atoms with Crippen LogP contribution in [0.1, 0.15) is 5.69 Å². The molecule has 0 saturated heterocycles. The Hall–Kier alpha value is -2.89. The number of non-ortho nitro benzene ring substituents is 1. The molecule has 0 fully saturated rings. The van der Waals surface area contributed by atoms with E-state index in [1.807, 2.05) is 23.6 Å². The van der Waals surface area contributed by atoms with Crippen LogP contribution >= 0.6 is 0 Å². The summed E-state index contributed by atoms with van der Waals surface area (Å²) in [5.41, 5.74) is 9.30. The largest absolute Gasteiger partial charge is 0.397 e. The van der Waals surface area contributed by atoms with Gasteiger partial charge in [0, 0.05) is 41.3 Å². The van der Waals surface area contributed by atoms with Crippen LogP contribution in [0, 0.1) is 17.0 Å². The molecule has 3 rings (SSSR count). The van der Waals surface area contributed by atoms with Crippen LogP contribution in [0.2, 0.25) is 0 Å². The molecule has 0 aliphatic carbocycles. The minimum absolute atomic E-state index is 0.0380. The van der Waals surface area contributed by atoms with Crippen LogP contribution in [0.5, 0.6) is 0 Å². The molecule has 6 heteroatoms. The predicted octanol–water partition coefficient (Wildman–Crippen LogP) is 2.82. The molecule has 20 heavy (non-hydrogen) atoms. The highest BCUT2D eigenvalue weighted by atomic mass is 16.6. The molecular formula is C14H12N4O2. The van der Waals surface area contributed by atoms with Crippen molar-refractivity contribution in [2.75, 3.05) is 5.73 Å². The topological polar surface area (TPSA) is 87.0 Å². The number of benzene rings is 1. The van der Waals surface area contributed by atoms with E-state index in [1.165, 1.54) is 12.1 Å². The third-order valence-corrected chi connectivity index (χ3v) is 3.37. The third kappa shape index (κ3) is 1.70. The monoisotopic (exact) mass is 268 g/mol. The number of aromatic nitrogens is 2. The highest BCUT2D eigenvalue weighted by Crippen LogP contribution is 2.33. The number of nitro groups is 1. The first kappa shape index (κ1) is 12.2. The number of nitrogens with zero attached hydrogens (tertiary/aromatic N) is 3. The number of pyridine rings is 1. The Morgan fingerprint density at radius 1 is 1.25 bits per heavy atom. The molecular weight excluding hydrogens is 256 g/mol. The number of nitrogens with two attached hydrogens (primary N) is 1. The average Bonchev–Trinajstić information content (AvgIpc) is 2.71. The predicted molar refractivity (Wildman–Crippen MR) is 76.9 cm³/mol. The molecule has 0 atom stereocenters. The Balaban J connectivity index is 2.34. The fraction of sp³-hybridized carbons (Fsp3) is 0.0714. The van der Waals surface area contributed by atoms with Gasteiger partial charge in [-0.25, -0.2) is 0 Å². The molecule has 0 aliphatic heterocycles. The second kappa shape index (κ2) is 4.34. The molecule has 2 N–H and O–H groups in total. The quantitative estimate of drug-likeness (QED) is 0.572. The van der Waals surface area contributed by atoms with Gasteiger partial charge >= 0.3 is 0 Å². The van der Waals surface area contributed by atoms with Gasteiger partial charge in [0.1, 0.15) is 0 Å². The van der Waals surface area contributed by atoms with Gasteiger partial charge in [0.25, 0.3) is 5.69 Å². The van der Waals surface area contributed by atoms with Crippen molar-refractivity contribution in [3.63, 3.8) is 0 Å². The van der Waals surface area contributed by atoms with Crippen molar-refractivity contribution in [1.82, 2.24) is 9.55 Å². The first-order chi connectivity index (χ1) is 9.59. The lowest BCUT2D eigenvalue weighted by Crippen LogP contribution is -1.97. The average molecular weight is 268 g/mol. The van der Waals surface area contributed by atoms with Gasteiger partial charge in [-0.2, -0.15) is 0 Å². The highest BCUT2D eigenvalue weighted by molar-refractivity contribution is 5.96. The lowest BCUT2D eigenvalue weighted by atomic mass is 10.2. The summed E-state index contributed by atoms with van der Waals surface area (Å²) in [5.74, 6) is 0. The number of fused-ring (bicyclic) bond motifs is 1. The molecule has 100 valence electrons. The van der Waals surface area contributed by atoms with Crippen LogP contribution < -0.4 is 5.73 Å². The first-order valence-corrected chi connectivity index (χ1v) is 6.05. The van der Waals surface area contributed by atoms with E-state index in [2.05, 4.69) is 4.98 Å². The number of hydrogen-bond donors (Lipinski definition) is 1. The summed E-state index contributed by atoms with van der Waals surface area (Å²) in [6.07, 6.45) is 3.39. The zero-order valence-corrected chi connectivity index (χ0v) is 10.8. The van der Waals surface area contributed by atoms with Crippen molar-refractivity contribution in [2.45, 2.75) is 6.92 Å². The van der Waals surface area contributed by atoms with Crippen LogP contribution in [-0.2, 0) is 0 Å². The molecule has 1 aromatic carbocycles. The second-order valence-electron chi connectivity index (χ2n) is 4.50. The maximum atomic E-state index is 10.9. The van der Waals surface area contributed by atoms with E-state index in [0.29, 0.717) is 11.1 Å². The number of anilines is 1. The minimum Gasteiger partial charge on any atom is -0.397 e. The number of rotatable bonds is 2. The van der Waals surface area contributed by atoms with Gasteiger partial charge in [0.05, 0.1) is 16.1 Å².